The van der Waals surface area contributed by atoms with E-state index in [1.165, 1.54) is 5.57 Å². The van der Waals surface area contributed by atoms with Crippen LogP contribution >= 0.6 is 0 Å². The van der Waals surface area contributed by atoms with Crippen molar-refractivity contribution in [3.63, 3.8) is 0 Å². The summed E-state index contributed by atoms with van der Waals surface area (Å²) < 4.78 is 49.8. The lowest BCUT2D eigenvalue weighted by molar-refractivity contribution is -0.158. The number of allylic oxidation sites excluding steroid dienone is 9. The van der Waals surface area contributed by atoms with E-state index in [4.69, 9.17) is 17.8 Å². The van der Waals surface area contributed by atoms with Gasteiger partial charge in [0.25, 0.3) is 5.79 Å². The van der Waals surface area contributed by atoms with Gasteiger partial charge >= 0.3 is 10.4 Å². The van der Waals surface area contributed by atoms with Crippen molar-refractivity contribution >= 4 is 10.4 Å². The first-order chi connectivity index (χ1) is 20.0. The maximum atomic E-state index is 12.5. The smallest absolute Gasteiger partial charge is 0.406 e. The van der Waals surface area contributed by atoms with Crippen molar-refractivity contribution in [3.05, 3.63) is 92.1 Å². The summed E-state index contributed by atoms with van der Waals surface area (Å²) in [7, 11) is -4.19. The number of ether oxygens (including phenoxy) is 2. The predicted octanol–water partition coefficient (Wildman–Crippen LogP) is 9.31. The third kappa shape index (κ3) is 10.7. The van der Waals surface area contributed by atoms with Gasteiger partial charge in [0.15, 0.2) is 0 Å². The molecular weight excluding hydrogens is 560 g/mol. The van der Waals surface area contributed by atoms with E-state index < -0.39 is 16.2 Å². The Morgan fingerprint density at radius 2 is 0.930 bits per heavy atom. The second-order valence-electron chi connectivity index (χ2n) is 12.6. The number of rotatable bonds is 14. The van der Waals surface area contributed by atoms with Gasteiger partial charge in [0.2, 0.25) is 0 Å². The third-order valence-electron chi connectivity index (χ3n) is 6.58. The fourth-order valence-electron chi connectivity index (χ4n) is 4.58. The summed E-state index contributed by atoms with van der Waals surface area (Å²) in [5.41, 5.74) is 9.77. The van der Waals surface area contributed by atoms with Crippen LogP contribution in [0.4, 0.5) is 0 Å². The minimum Gasteiger partial charge on any atom is -0.489 e. The number of benzene rings is 1. The zero-order valence-corrected chi connectivity index (χ0v) is 29.2. The molecule has 0 aliphatic carbocycles. The Morgan fingerprint density at radius 1 is 0.558 bits per heavy atom. The average Bonchev–Trinajstić information content (AvgIpc) is 2.83. The van der Waals surface area contributed by atoms with Gasteiger partial charge in [0, 0.05) is 16.7 Å². The summed E-state index contributed by atoms with van der Waals surface area (Å²) in [6, 6.07) is 0. The van der Waals surface area contributed by atoms with Crippen LogP contribution in [0.3, 0.4) is 0 Å². The average molecular weight is 613 g/mol. The first-order valence-electron chi connectivity index (χ1n) is 14.9. The monoisotopic (exact) mass is 612 g/mol. The largest absolute Gasteiger partial charge is 0.489 e. The molecule has 1 heterocycles. The molecule has 0 bridgehead atoms. The van der Waals surface area contributed by atoms with Crippen LogP contribution < -0.4 is 9.47 Å². The van der Waals surface area contributed by atoms with E-state index in [0.717, 1.165) is 44.6 Å². The van der Waals surface area contributed by atoms with Crippen molar-refractivity contribution in [2.45, 2.75) is 108 Å². The molecule has 0 radical (unpaired) electrons. The molecule has 0 aromatic heterocycles. The zero-order valence-electron chi connectivity index (χ0n) is 28.4. The van der Waals surface area contributed by atoms with E-state index in [9.17, 15) is 8.42 Å². The van der Waals surface area contributed by atoms with Crippen LogP contribution in [-0.2, 0) is 43.8 Å². The van der Waals surface area contributed by atoms with E-state index in [1.54, 1.807) is 6.08 Å². The lowest BCUT2D eigenvalue weighted by atomic mass is 9.85. The van der Waals surface area contributed by atoms with Gasteiger partial charge in [-0.3, -0.25) is 0 Å². The second kappa shape index (κ2) is 15.7. The van der Waals surface area contributed by atoms with Crippen LogP contribution in [0, 0.1) is 0 Å². The second-order valence-corrected chi connectivity index (χ2v) is 13.7. The normalized spacial score (nSPS) is 14.4. The third-order valence-corrected chi connectivity index (χ3v) is 7.48. The standard InChI is InChI=1S/C36H52O6S/c1-24(2)13-16-30-31(17-14-25(3)4)35(40-22-20-28(9)10)33(36(23-29(11)12)41-43(37,38)42-36)32(18-15-26(5)6)34(30)39-21-19-27(7)8/h13-15,19-20,23H,16-18,21-22H2,1-12H3. The quantitative estimate of drug-likeness (QED) is 0.195. The number of hydrogen-bond acceptors (Lipinski definition) is 6. The molecule has 0 unspecified atom stereocenters. The van der Waals surface area contributed by atoms with Crippen molar-refractivity contribution in [2.75, 3.05) is 13.2 Å². The van der Waals surface area contributed by atoms with E-state index >= 15 is 0 Å². The fourth-order valence-corrected chi connectivity index (χ4v) is 5.46. The summed E-state index contributed by atoms with van der Waals surface area (Å²) in [5.74, 6) is -0.426. The SMILES string of the molecule is CC(C)=CCOc1c(CC=C(C)C)c(CC=C(C)C)c(OCC=C(C)C)c(C2(C=C(C)C)OS(=O)(=O)O2)c1CC=C(C)C. The Kier molecular flexibility index (Phi) is 13.3. The molecule has 0 spiro atoms. The maximum absolute atomic E-state index is 12.5. The lowest BCUT2D eigenvalue weighted by Gasteiger charge is -2.40. The van der Waals surface area contributed by atoms with Crippen LogP contribution in [0.25, 0.3) is 0 Å². The van der Waals surface area contributed by atoms with Gasteiger partial charge in [0.05, 0.1) is 5.56 Å². The molecule has 1 aliphatic rings. The highest BCUT2D eigenvalue weighted by Gasteiger charge is 2.56. The molecule has 238 valence electrons. The molecular formula is C36H52O6S. The highest BCUT2D eigenvalue weighted by Crippen LogP contribution is 2.53. The summed E-state index contributed by atoms with van der Waals surface area (Å²) in [4.78, 5) is 0. The van der Waals surface area contributed by atoms with Gasteiger partial charge < -0.3 is 9.47 Å². The molecule has 1 fully saturated rings. The Morgan fingerprint density at radius 3 is 1.30 bits per heavy atom. The van der Waals surface area contributed by atoms with Crippen molar-refractivity contribution in [1.82, 2.24) is 0 Å². The molecule has 1 saturated heterocycles. The van der Waals surface area contributed by atoms with Crippen molar-refractivity contribution in [1.29, 1.82) is 0 Å². The summed E-state index contributed by atoms with van der Waals surface area (Å²) in [5, 5.41) is 0. The van der Waals surface area contributed by atoms with Crippen molar-refractivity contribution < 1.29 is 26.3 Å². The Bertz CT molecular complexity index is 1430. The Balaban J connectivity index is 3.25. The molecule has 1 aromatic carbocycles. The highest BCUT2D eigenvalue weighted by molar-refractivity contribution is 7.82. The molecule has 0 saturated carbocycles. The Labute approximate surface area is 261 Å². The summed E-state index contributed by atoms with van der Waals surface area (Å²) in [6.45, 7) is 24.9. The minimum absolute atomic E-state index is 0.303. The fraction of sp³-hybridized carbons (Fsp3) is 0.500. The Hall–Kier alpha value is -2.87. The van der Waals surface area contributed by atoms with Crippen LogP contribution in [0.15, 0.2) is 69.9 Å². The summed E-state index contributed by atoms with van der Waals surface area (Å²) in [6.07, 6.45) is 13.9. The lowest BCUT2D eigenvalue weighted by Crippen LogP contribution is -2.47. The molecule has 43 heavy (non-hydrogen) atoms. The van der Waals surface area contributed by atoms with Crippen molar-refractivity contribution in [2.24, 2.45) is 0 Å². The molecule has 2 rings (SSSR count). The minimum atomic E-state index is -4.19. The van der Waals surface area contributed by atoms with E-state index in [0.29, 0.717) is 49.5 Å². The number of hydrogen-bond donors (Lipinski definition) is 0. The van der Waals surface area contributed by atoms with Gasteiger partial charge in [-0.2, -0.15) is 8.42 Å². The van der Waals surface area contributed by atoms with Gasteiger partial charge in [-0.15, -0.1) is 0 Å². The van der Waals surface area contributed by atoms with E-state index in [2.05, 4.69) is 45.9 Å². The topological polar surface area (TPSA) is 71.1 Å². The zero-order chi connectivity index (χ0) is 32.5. The molecule has 7 heteroatoms. The van der Waals surface area contributed by atoms with Gasteiger partial charge in [0.1, 0.15) is 24.7 Å². The van der Waals surface area contributed by atoms with Crippen LogP contribution in [0.2, 0.25) is 0 Å². The first-order valence-corrected chi connectivity index (χ1v) is 16.3. The van der Waals surface area contributed by atoms with E-state index in [-0.39, 0.29) is 0 Å². The first kappa shape index (κ1) is 36.3. The molecule has 1 aromatic rings. The molecule has 0 amide bonds. The molecule has 0 N–H and O–H groups in total. The maximum Gasteiger partial charge on any atom is 0.406 e. The molecule has 6 nitrogen and oxygen atoms in total. The predicted molar refractivity (Wildman–Crippen MR) is 178 cm³/mol. The molecule has 0 atom stereocenters. The highest BCUT2D eigenvalue weighted by atomic mass is 32.3. The molecule has 1 aliphatic heterocycles. The summed E-state index contributed by atoms with van der Waals surface area (Å²) >= 11 is 0. The van der Waals surface area contributed by atoms with Crippen molar-refractivity contribution in [3.8, 4) is 11.5 Å². The van der Waals surface area contributed by atoms with Gasteiger partial charge in [-0.05, 0) is 121 Å². The van der Waals surface area contributed by atoms with Crippen LogP contribution in [-0.4, -0.2) is 21.6 Å². The van der Waals surface area contributed by atoms with Gasteiger partial charge in [-0.1, -0.05) is 51.7 Å². The van der Waals surface area contributed by atoms with E-state index in [1.807, 2.05) is 67.5 Å². The van der Waals surface area contributed by atoms with Gasteiger partial charge in [-0.25, -0.2) is 8.37 Å². The van der Waals surface area contributed by atoms with Crippen LogP contribution in [0.1, 0.15) is 105 Å². The van der Waals surface area contributed by atoms with Crippen LogP contribution in [0.5, 0.6) is 11.5 Å².